The molecule has 0 unspecified atom stereocenters. The maximum atomic E-state index is 12.9. The van der Waals surface area contributed by atoms with Crippen LogP contribution in [0.15, 0.2) is 72.5 Å². The van der Waals surface area contributed by atoms with Crippen molar-refractivity contribution in [2.75, 3.05) is 19.0 Å². The first-order valence-corrected chi connectivity index (χ1v) is 9.00. The topological polar surface area (TPSA) is 65.4 Å². The molecule has 6 nitrogen and oxygen atoms in total. The van der Waals surface area contributed by atoms with Crippen LogP contribution in [0.2, 0.25) is 0 Å². The molecule has 0 saturated heterocycles. The fourth-order valence-corrected chi connectivity index (χ4v) is 3.54. The Balaban J connectivity index is 1.91. The van der Waals surface area contributed by atoms with Gasteiger partial charge in [0, 0.05) is 5.70 Å². The normalized spacial score (nSPS) is 15.7. The highest BCUT2D eigenvalue weighted by Crippen LogP contribution is 2.39. The van der Waals surface area contributed by atoms with Crippen LogP contribution in [0, 0.1) is 0 Å². The number of fused-ring (bicyclic) bond motifs is 3. The summed E-state index contributed by atoms with van der Waals surface area (Å²) in [6.45, 7) is 5.64. The Morgan fingerprint density at radius 3 is 2.71 bits per heavy atom. The Labute approximate surface area is 163 Å². The van der Waals surface area contributed by atoms with Gasteiger partial charge in [0.2, 0.25) is 5.95 Å². The molecule has 2 aromatic carbocycles. The Kier molecular flexibility index (Phi) is 4.61. The van der Waals surface area contributed by atoms with Crippen molar-refractivity contribution in [2.24, 2.45) is 0 Å². The van der Waals surface area contributed by atoms with E-state index in [4.69, 9.17) is 14.5 Å². The summed E-state index contributed by atoms with van der Waals surface area (Å²) in [7, 11) is 1.63. The van der Waals surface area contributed by atoms with E-state index in [0.29, 0.717) is 11.5 Å². The molecule has 0 bridgehead atoms. The number of carbonyl (C=O) groups excluding carboxylic acids is 1. The predicted octanol–water partition coefficient (Wildman–Crippen LogP) is 4.06. The van der Waals surface area contributed by atoms with Crippen LogP contribution in [0.3, 0.4) is 0 Å². The smallest absolute Gasteiger partial charge is 0.338 e. The monoisotopic (exact) mass is 375 g/mol. The van der Waals surface area contributed by atoms with Crippen LogP contribution in [0.4, 0.5) is 5.95 Å². The number of imidazole rings is 1. The van der Waals surface area contributed by atoms with Crippen molar-refractivity contribution in [3.8, 4) is 5.75 Å². The second kappa shape index (κ2) is 7.23. The van der Waals surface area contributed by atoms with Gasteiger partial charge in [-0.2, -0.15) is 0 Å². The van der Waals surface area contributed by atoms with Gasteiger partial charge in [-0.1, -0.05) is 36.9 Å². The molecule has 28 heavy (non-hydrogen) atoms. The van der Waals surface area contributed by atoms with Gasteiger partial charge in [0.05, 0.1) is 29.8 Å². The lowest BCUT2D eigenvalue weighted by molar-refractivity contribution is -0.138. The van der Waals surface area contributed by atoms with E-state index in [-0.39, 0.29) is 18.6 Å². The van der Waals surface area contributed by atoms with Crippen LogP contribution in [0.25, 0.3) is 11.0 Å². The van der Waals surface area contributed by atoms with Crippen molar-refractivity contribution in [1.29, 1.82) is 0 Å². The van der Waals surface area contributed by atoms with Crippen LogP contribution < -0.4 is 10.1 Å². The summed E-state index contributed by atoms with van der Waals surface area (Å²) in [6.07, 6.45) is 1.56. The number of para-hydroxylation sites is 2. The average molecular weight is 375 g/mol. The third-order valence-corrected chi connectivity index (χ3v) is 4.81. The molecule has 3 aromatic rings. The number of nitrogens with zero attached hydrogens (tertiary/aromatic N) is 2. The zero-order valence-electron chi connectivity index (χ0n) is 15.8. The van der Waals surface area contributed by atoms with Crippen molar-refractivity contribution in [3.05, 3.63) is 78.0 Å². The van der Waals surface area contributed by atoms with E-state index in [0.717, 1.165) is 28.0 Å². The predicted molar refractivity (Wildman–Crippen MR) is 108 cm³/mol. The summed E-state index contributed by atoms with van der Waals surface area (Å²) >= 11 is 0. The fourth-order valence-electron chi connectivity index (χ4n) is 3.54. The summed E-state index contributed by atoms with van der Waals surface area (Å²) in [5.41, 5.74) is 4.00. The van der Waals surface area contributed by atoms with E-state index >= 15 is 0 Å². The first-order chi connectivity index (χ1) is 13.6. The molecular weight excluding hydrogens is 354 g/mol. The van der Waals surface area contributed by atoms with Gasteiger partial charge in [0.1, 0.15) is 12.4 Å². The average Bonchev–Trinajstić information content (AvgIpc) is 3.09. The molecule has 0 saturated carbocycles. The molecule has 4 rings (SSSR count). The molecule has 0 amide bonds. The van der Waals surface area contributed by atoms with Crippen LogP contribution >= 0.6 is 0 Å². The molecule has 1 N–H and O–H groups in total. The number of benzene rings is 2. The quantitative estimate of drug-likeness (QED) is 0.538. The molecule has 6 heteroatoms. The summed E-state index contributed by atoms with van der Waals surface area (Å²) in [4.78, 5) is 17.6. The third kappa shape index (κ3) is 2.93. The van der Waals surface area contributed by atoms with Crippen molar-refractivity contribution in [2.45, 2.75) is 13.0 Å². The van der Waals surface area contributed by atoms with Gasteiger partial charge in [-0.05, 0) is 36.8 Å². The van der Waals surface area contributed by atoms with Crippen molar-refractivity contribution in [1.82, 2.24) is 9.55 Å². The summed E-state index contributed by atoms with van der Waals surface area (Å²) in [5.74, 6) is 1.07. The van der Waals surface area contributed by atoms with Crippen LogP contribution in [0.1, 0.15) is 18.5 Å². The lowest BCUT2D eigenvalue weighted by Gasteiger charge is -2.30. The highest BCUT2D eigenvalue weighted by molar-refractivity contribution is 5.94. The first-order valence-electron chi connectivity index (χ1n) is 9.00. The van der Waals surface area contributed by atoms with E-state index in [9.17, 15) is 4.79 Å². The Bertz CT molecular complexity index is 1080. The lowest BCUT2D eigenvalue weighted by atomic mass is 9.95. The number of hydrogen-bond donors (Lipinski definition) is 1. The van der Waals surface area contributed by atoms with Gasteiger partial charge in [0.25, 0.3) is 0 Å². The highest BCUT2D eigenvalue weighted by atomic mass is 16.5. The van der Waals surface area contributed by atoms with Crippen molar-refractivity contribution < 1.29 is 14.3 Å². The van der Waals surface area contributed by atoms with E-state index in [1.807, 2.05) is 60.0 Å². The molecule has 1 aliphatic heterocycles. The minimum atomic E-state index is -0.380. The van der Waals surface area contributed by atoms with Crippen LogP contribution in [0.5, 0.6) is 5.75 Å². The molecule has 1 aromatic heterocycles. The maximum absolute atomic E-state index is 12.9. The maximum Gasteiger partial charge on any atom is 0.338 e. The molecule has 0 aliphatic carbocycles. The number of hydrogen-bond acceptors (Lipinski definition) is 5. The molecule has 0 radical (unpaired) electrons. The van der Waals surface area contributed by atoms with Crippen LogP contribution in [-0.4, -0.2) is 29.2 Å². The van der Waals surface area contributed by atoms with Crippen molar-refractivity contribution in [3.63, 3.8) is 0 Å². The van der Waals surface area contributed by atoms with E-state index in [2.05, 4.69) is 11.9 Å². The van der Waals surface area contributed by atoms with E-state index < -0.39 is 0 Å². The van der Waals surface area contributed by atoms with Gasteiger partial charge < -0.3 is 14.8 Å². The summed E-state index contributed by atoms with van der Waals surface area (Å²) in [6, 6.07) is 15.2. The molecular formula is C22H21N3O3. The third-order valence-electron chi connectivity index (χ3n) is 4.81. The van der Waals surface area contributed by atoms with Crippen LogP contribution in [-0.2, 0) is 9.53 Å². The van der Waals surface area contributed by atoms with Gasteiger partial charge in [0.15, 0.2) is 0 Å². The number of rotatable bonds is 5. The Hall–Kier alpha value is -3.54. The zero-order chi connectivity index (χ0) is 19.7. The number of anilines is 1. The first kappa shape index (κ1) is 17.9. The van der Waals surface area contributed by atoms with Gasteiger partial charge in [-0.25, -0.2) is 9.78 Å². The number of carbonyl (C=O) groups is 1. The number of nitrogens with one attached hydrogen (secondary N) is 1. The largest absolute Gasteiger partial charge is 0.497 e. The zero-order valence-corrected chi connectivity index (χ0v) is 15.8. The number of ether oxygens (including phenoxy) is 2. The lowest BCUT2D eigenvalue weighted by Crippen LogP contribution is -2.29. The van der Waals surface area contributed by atoms with Crippen molar-refractivity contribution >= 4 is 23.0 Å². The molecule has 1 atom stereocenters. The molecule has 1 aliphatic rings. The second-order valence-electron chi connectivity index (χ2n) is 6.52. The number of methoxy groups -OCH3 is 1. The number of aromatic nitrogens is 2. The molecule has 2 heterocycles. The Morgan fingerprint density at radius 2 is 2.00 bits per heavy atom. The van der Waals surface area contributed by atoms with E-state index in [1.54, 1.807) is 13.2 Å². The van der Waals surface area contributed by atoms with Gasteiger partial charge >= 0.3 is 5.97 Å². The van der Waals surface area contributed by atoms with Gasteiger partial charge in [-0.15, -0.1) is 0 Å². The molecule has 0 fully saturated rings. The minimum Gasteiger partial charge on any atom is -0.497 e. The second-order valence-corrected chi connectivity index (χ2v) is 6.52. The molecule has 0 spiro atoms. The SMILES string of the molecule is C=CCOC(=O)C1=C(C)Nc2nc3ccccc3n2[C@@H]1c1ccc(OC)cc1. The Morgan fingerprint density at radius 1 is 1.25 bits per heavy atom. The molecule has 142 valence electrons. The summed E-state index contributed by atoms with van der Waals surface area (Å²) in [5, 5.41) is 3.26. The number of allylic oxidation sites excluding steroid dienone is 1. The van der Waals surface area contributed by atoms with Gasteiger partial charge in [-0.3, -0.25) is 4.57 Å². The highest BCUT2D eigenvalue weighted by Gasteiger charge is 2.34. The fraction of sp³-hybridized carbons (Fsp3) is 0.182. The standard InChI is InChI=1S/C22H21N3O3/c1-4-13-28-21(26)19-14(2)23-22-24-17-7-5-6-8-18(17)25(22)20(19)15-9-11-16(27-3)12-10-15/h4-12,20H,1,13H2,2-3H3,(H,23,24)/t20-/m1/s1. The summed E-state index contributed by atoms with van der Waals surface area (Å²) < 4.78 is 12.7. The number of esters is 1. The van der Waals surface area contributed by atoms with E-state index in [1.165, 1.54) is 0 Å². The minimum absolute atomic E-state index is 0.155.